The van der Waals surface area contributed by atoms with Gasteiger partial charge in [0.25, 0.3) is 0 Å². The molecule has 0 spiro atoms. The third-order valence-corrected chi connectivity index (χ3v) is 6.95. The summed E-state index contributed by atoms with van der Waals surface area (Å²) in [6.45, 7) is 4.35. The number of nitrogens with zero attached hydrogens (tertiary/aromatic N) is 2. The molecule has 2 aliphatic heterocycles. The molecule has 2 fully saturated rings. The second kappa shape index (κ2) is 13.9. The molecule has 0 amide bonds. The quantitative estimate of drug-likeness (QED) is 0.292. The zero-order valence-electron chi connectivity index (χ0n) is 20.9. The highest BCUT2D eigenvalue weighted by atomic mass is 16.5. The molecule has 0 bridgehead atoms. The van der Waals surface area contributed by atoms with Gasteiger partial charge in [-0.25, -0.2) is 5.53 Å². The highest BCUT2D eigenvalue weighted by Crippen LogP contribution is 2.40. The fourth-order valence-corrected chi connectivity index (χ4v) is 4.90. The largest absolute Gasteiger partial charge is 0.493 e. The van der Waals surface area contributed by atoms with Crippen molar-refractivity contribution in [2.45, 2.75) is 37.6 Å². The van der Waals surface area contributed by atoms with Gasteiger partial charge in [0.2, 0.25) is 0 Å². The van der Waals surface area contributed by atoms with E-state index in [1.165, 1.54) is 5.56 Å². The lowest BCUT2D eigenvalue weighted by molar-refractivity contribution is 0.0688. The van der Waals surface area contributed by atoms with Crippen LogP contribution in [0.25, 0.3) is 0 Å². The minimum Gasteiger partial charge on any atom is -0.493 e. The second-order valence-electron chi connectivity index (χ2n) is 8.99. The van der Waals surface area contributed by atoms with E-state index in [2.05, 4.69) is 34.3 Å². The highest BCUT2D eigenvalue weighted by molar-refractivity contribution is 5.87. The van der Waals surface area contributed by atoms with Crippen molar-refractivity contribution in [3.05, 3.63) is 59.7 Å². The Kier molecular flexibility index (Phi) is 10.7. The van der Waals surface area contributed by atoms with Crippen LogP contribution in [0.2, 0.25) is 0 Å². The molecule has 8 nitrogen and oxygen atoms in total. The Labute approximate surface area is 208 Å². The van der Waals surface area contributed by atoms with E-state index in [9.17, 15) is 0 Å². The van der Waals surface area contributed by atoms with Crippen molar-refractivity contribution in [3.63, 3.8) is 0 Å². The first kappa shape index (κ1) is 26.8. The number of nitrogens with one attached hydrogen (secondary N) is 2. The zero-order valence-corrected chi connectivity index (χ0v) is 20.9. The molecule has 8 heteroatoms. The van der Waals surface area contributed by atoms with Crippen LogP contribution in [0.15, 0.2) is 53.6 Å². The van der Waals surface area contributed by atoms with Gasteiger partial charge in [-0.15, -0.1) is 5.11 Å². The van der Waals surface area contributed by atoms with E-state index in [1.54, 1.807) is 14.2 Å². The predicted octanol–water partition coefficient (Wildman–Crippen LogP) is 5.00. The number of hydrogen-bond donors (Lipinski definition) is 3. The van der Waals surface area contributed by atoms with Gasteiger partial charge in [-0.3, -0.25) is 10.3 Å². The molecule has 4 N–H and O–H groups in total. The number of likely N-dealkylation sites (tertiary alicyclic amines) is 1. The third kappa shape index (κ3) is 7.10. The lowest BCUT2D eigenvalue weighted by Gasteiger charge is -2.37. The van der Waals surface area contributed by atoms with Gasteiger partial charge in [-0.1, -0.05) is 42.5 Å². The normalized spacial score (nSPS) is 18.1. The van der Waals surface area contributed by atoms with Crippen LogP contribution < -0.4 is 15.2 Å². The van der Waals surface area contributed by atoms with Crippen LogP contribution in [-0.4, -0.2) is 57.8 Å². The second-order valence-corrected chi connectivity index (χ2v) is 8.99. The monoisotopic (exact) mass is 481 g/mol. The SMILES string of the molecule is COc1cccc(C(C(=N)N=N)N2CCC(c3ccccc3)CC2)c1OC.NCC1CCOCC1. The summed E-state index contributed by atoms with van der Waals surface area (Å²) < 4.78 is 16.1. The van der Waals surface area contributed by atoms with Crippen LogP contribution in [0, 0.1) is 16.9 Å². The number of benzene rings is 2. The number of amidine groups is 1. The van der Waals surface area contributed by atoms with Gasteiger partial charge in [-0.05, 0) is 68.8 Å². The van der Waals surface area contributed by atoms with Crippen LogP contribution in [0.4, 0.5) is 0 Å². The number of methoxy groups -OCH3 is 2. The van der Waals surface area contributed by atoms with Gasteiger partial charge in [0.15, 0.2) is 17.3 Å². The molecule has 0 saturated carbocycles. The molecule has 2 saturated heterocycles. The van der Waals surface area contributed by atoms with E-state index >= 15 is 0 Å². The topological polar surface area (TPSA) is 117 Å². The molecular weight excluding hydrogens is 442 g/mol. The van der Waals surface area contributed by atoms with Crippen LogP contribution in [0.3, 0.4) is 0 Å². The highest BCUT2D eigenvalue weighted by Gasteiger charge is 2.32. The molecule has 2 aromatic carbocycles. The van der Waals surface area contributed by atoms with Crippen molar-refractivity contribution in [2.75, 3.05) is 47.1 Å². The number of rotatable bonds is 7. The van der Waals surface area contributed by atoms with Gasteiger partial charge in [0.1, 0.15) is 6.04 Å². The van der Waals surface area contributed by atoms with Gasteiger partial charge >= 0.3 is 0 Å². The predicted molar refractivity (Wildman–Crippen MR) is 138 cm³/mol. The smallest absolute Gasteiger partial charge is 0.165 e. The zero-order chi connectivity index (χ0) is 25.0. The molecule has 0 radical (unpaired) electrons. The summed E-state index contributed by atoms with van der Waals surface area (Å²) in [7, 11) is 3.20. The maximum absolute atomic E-state index is 8.29. The van der Waals surface area contributed by atoms with Crippen molar-refractivity contribution in [3.8, 4) is 11.5 Å². The van der Waals surface area contributed by atoms with Crippen LogP contribution >= 0.6 is 0 Å². The number of ether oxygens (including phenoxy) is 3. The molecule has 2 aliphatic rings. The van der Waals surface area contributed by atoms with Gasteiger partial charge < -0.3 is 19.9 Å². The van der Waals surface area contributed by atoms with Crippen molar-refractivity contribution >= 4 is 5.84 Å². The van der Waals surface area contributed by atoms with Crippen LogP contribution in [0.1, 0.15) is 48.8 Å². The van der Waals surface area contributed by atoms with E-state index < -0.39 is 6.04 Å². The maximum Gasteiger partial charge on any atom is 0.165 e. The van der Waals surface area contributed by atoms with E-state index in [4.69, 9.17) is 30.9 Å². The first-order valence-electron chi connectivity index (χ1n) is 12.4. The summed E-state index contributed by atoms with van der Waals surface area (Å²) in [5.74, 6) is 2.50. The molecule has 2 heterocycles. The van der Waals surface area contributed by atoms with E-state index in [-0.39, 0.29) is 5.84 Å². The summed E-state index contributed by atoms with van der Waals surface area (Å²) in [5, 5.41) is 11.7. The Balaban J connectivity index is 0.000000363. The number of para-hydroxylation sites is 1. The third-order valence-electron chi connectivity index (χ3n) is 6.95. The maximum atomic E-state index is 8.29. The Hall–Kier alpha value is -2.81. The van der Waals surface area contributed by atoms with Crippen molar-refractivity contribution < 1.29 is 14.2 Å². The molecule has 190 valence electrons. The molecule has 1 unspecified atom stereocenters. The first-order chi connectivity index (χ1) is 17.1. The van der Waals surface area contributed by atoms with Gasteiger partial charge in [0, 0.05) is 18.8 Å². The molecule has 0 aromatic heterocycles. The Morgan fingerprint density at radius 2 is 1.71 bits per heavy atom. The average Bonchev–Trinajstić information content (AvgIpc) is 2.94. The Bertz CT molecular complexity index is 926. The summed E-state index contributed by atoms with van der Waals surface area (Å²) >= 11 is 0. The molecule has 4 rings (SSSR count). The van der Waals surface area contributed by atoms with Gasteiger partial charge in [-0.2, -0.15) is 0 Å². The Morgan fingerprint density at radius 3 is 2.26 bits per heavy atom. The fourth-order valence-electron chi connectivity index (χ4n) is 4.90. The summed E-state index contributed by atoms with van der Waals surface area (Å²) in [6.07, 6.45) is 4.35. The van der Waals surface area contributed by atoms with Gasteiger partial charge in [0.05, 0.1) is 14.2 Å². The van der Waals surface area contributed by atoms with Crippen LogP contribution in [-0.2, 0) is 4.74 Å². The fraction of sp³-hybridized carbons (Fsp3) is 0.519. The summed E-state index contributed by atoms with van der Waals surface area (Å²) in [5.41, 5.74) is 15.0. The van der Waals surface area contributed by atoms with Crippen molar-refractivity contribution in [1.29, 1.82) is 10.9 Å². The van der Waals surface area contributed by atoms with Crippen molar-refractivity contribution in [2.24, 2.45) is 16.8 Å². The molecule has 1 atom stereocenters. The lowest BCUT2D eigenvalue weighted by atomic mass is 9.88. The number of nitrogens with two attached hydrogens (primary N) is 1. The number of piperidine rings is 1. The minimum atomic E-state index is -0.413. The van der Waals surface area contributed by atoms with E-state index in [0.29, 0.717) is 17.4 Å². The standard InChI is InChI=1S/C21H26N4O2.C6H13NO/c1-26-18-10-6-9-17(20(18)27-2)19(21(22)24-23)25-13-11-16(12-14-25)15-7-4-3-5-8-15;7-5-6-1-3-8-4-2-6/h3-10,16,19,22-23H,11-14H2,1-2H3;6H,1-5,7H2. The lowest BCUT2D eigenvalue weighted by Crippen LogP contribution is -2.39. The minimum absolute atomic E-state index is 0.0136. The summed E-state index contributed by atoms with van der Waals surface area (Å²) in [6, 6.07) is 15.8. The number of hydrogen-bond acceptors (Lipinski definition) is 7. The molecule has 35 heavy (non-hydrogen) atoms. The van der Waals surface area contributed by atoms with E-state index in [0.717, 1.165) is 70.0 Å². The first-order valence-corrected chi connectivity index (χ1v) is 12.4. The van der Waals surface area contributed by atoms with Crippen LogP contribution in [0.5, 0.6) is 11.5 Å². The Morgan fingerprint density at radius 1 is 1.03 bits per heavy atom. The molecule has 0 aliphatic carbocycles. The van der Waals surface area contributed by atoms with Crippen molar-refractivity contribution in [1.82, 2.24) is 4.90 Å². The summed E-state index contributed by atoms with van der Waals surface area (Å²) in [4.78, 5) is 2.22. The molecular formula is C27H39N5O3. The average molecular weight is 482 g/mol. The van der Waals surface area contributed by atoms with E-state index in [1.807, 2.05) is 24.3 Å². The molecule has 2 aromatic rings.